The van der Waals surface area contributed by atoms with Crippen LogP contribution in [0.2, 0.25) is 0 Å². The third-order valence-electron chi connectivity index (χ3n) is 2.13. The number of hydrogen-bond donors (Lipinski definition) is 2. The zero-order valence-corrected chi connectivity index (χ0v) is 8.79. The van der Waals surface area contributed by atoms with Crippen LogP contribution in [0.5, 0.6) is 0 Å². The first-order chi connectivity index (χ1) is 8.08. The number of nitrogens with one attached hydrogen (secondary N) is 2. The van der Waals surface area contributed by atoms with Crippen LogP contribution in [0.3, 0.4) is 0 Å². The summed E-state index contributed by atoms with van der Waals surface area (Å²) in [4.78, 5) is 15.1. The topological polar surface area (TPSA) is 70.7 Å². The Labute approximate surface area is 94.9 Å². The quantitative estimate of drug-likeness (QED) is 0.835. The zero-order chi connectivity index (χ0) is 12.4. The number of anilines is 1. The fourth-order valence-corrected chi connectivity index (χ4v) is 1.24. The number of hydrogen-bond acceptors (Lipinski definition) is 3. The molecule has 0 bridgehead atoms. The molecule has 0 radical (unpaired) electrons. The van der Waals surface area contributed by atoms with Crippen molar-refractivity contribution < 1.29 is 13.6 Å². The van der Waals surface area contributed by atoms with Crippen molar-refractivity contribution >= 4 is 11.6 Å². The van der Waals surface area contributed by atoms with Crippen LogP contribution in [0.4, 0.5) is 14.5 Å². The number of carbonyl (C=O) groups is 1. The van der Waals surface area contributed by atoms with E-state index >= 15 is 0 Å². The average molecular weight is 238 g/mol. The second-order valence-corrected chi connectivity index (χ2v) is 3.37. The van der Waals surface area contributed by atoms with Gasteiger partial charge in [0, 0.05) is 6.07 Å². The Balaban J connectivity index is 2.25. The summed E-state index contributed by atoms with van der Waals surface area (Å²) >= 11 is 0. The van der Waals surface area contributed by atoms with Gasteiger partial charge in [0.15, 0.2) is 0 Å². The van der Waals surface area contributed by atoms with E-state index in [1.807, 2.05) is 0 Å². The number of halogens is 2. The van der Waals surface area contributed by atoms with Crippen LogP contribution in [0.25, 0.3) is 0 Å². The van der Waals surface area contributed by atoms with Gasteiger partial charge in [-0.2, -0.15) is 5.10 Å². The van der Waals surface area contributed by atoms with Crippen LogP contribution in [0, 0.1) is 18.6 Å². The van der Waals surface area contributed by atoms with Crippen molar-refractivity contribution in [1.29, 1.82) is 0 Å². The Hall–Kier alpha value is -2.31. The van der Waals surface area contributed by atoms with Gasteiger partial charge in [0.2, 0.25) is 5.82 Å². The molecule has 2 N–H and O–H groups in total. The maximum atomic E-state index is 13.4. The number of rotatable bonds is 2. The van der Waals surface area contributed by atoms with E-state index < -0.39 is 17.5 Å². The van der Waals surface area contributed by atoms with E-state index in [-0.39, 0.29) is 17.1 Å². The minimum atomic E-state index is -0.711. The summed E-state index contributed by atoms with van der Waals surface area (Å²) in [6, 6.07) is 1.92. The van der Waals surface area contributed by atoms with E-state index in [2.05, 4.69) is 20.5 Å². The van der Waals surface area contributed by atoms with Crippen LogP contribution < -0.4 is 5.32 Å². The van der Waals surface area contributed by atoms with Crippen molar-refractivity contribution in [1.82, 2.24) is 15.2 Å². The molecule has 0 spiro atoms. The molecule has 1 heterocycles. The molecule has 1 amide bonds. The van der Waals surface area contributed by atoms with Crippen LogP contribution in [-0.2, 0) is 0 Å². The number of benzene rings is 1. The van der Waals surface area contributed by atoms with E-state index in [0.717, 1.165) is 18.5 Å². The molecular weight excluding hydrogens is 230 g/mol. The lowest BCUT2D eigenvalue weighted by Gasteiger charge is -2.06. The van der Waals surface area contributed by atoms with Gasteiger partial charge in [0.25, 0.3) is 5.91 Å². The van der Waals surface area contributed by atoms with Crippen LogP contribution >= 0.6 is 0 Å². The lowest BCUT2D eigenvalue weighted by Crippen LogP contribution is -2.15. The van der Waals surface area contributed by atoms with Gasteiger partial charge >= 0.3 is 0 Å². The number of H-pyrrole nitrogens is 1. The van der Waals surface area contributed by atoms with Gasteiger partial charge < -0.3 is 5.32 Å². The molecule has 0 aliphatic rings. The summed E-state index contributed by atoms with van der Waals surface area (Å²) in [5, 5.41) is 7.98. The van der Waals surface area contributed by atoms with E-state index in [1.54, 1.807) is 0 Å². The van der Waals surface area contributed by atoms with Gasteiger partial charge in [0.05, 0.1) is 5.69 Å². The van der Waals surface area contributed by atoms with Crippen molar-refractivity contribution in [3.05, 3.63) is 41.5 Å². The first-order valence-electron chi connectivity index (χ1n) is 4.70. The van der Waals surface area contributed by atoms with Gasteiger partial charge in [-0.25, -0.2) is 13.8 Å². The van der Waals surface area contributed by atoms with Crippen LogP contribution in [0.1, 0.15) is 16.2 Å². The molecule has 17 heavy (non-hydrogen) atoms. The number of nitrogens with zero attached hydrogens (tertiary/aromatic N) is 2. The maximum Gasteiger partial charge on any atom is 0.293 e. The SMILES string of the molecule is Cc1cc(F)c(NC(=O)c2ncn[nH]2)cc1F. The Morgan fingerprint density at radius 3 is 2.76 bits per heavy atom. The highest BCUT2D eigenvalue weighted by molar-refractivity contribution is 6.01. The Morgan fingerprint density at radius 2 is 2.12 bits per heavy atom. The van der Waals surface area contributed by atoms with Crippen molar-refractivity contribution in [2.24, 2.45) is 0 Å². The predicted octanol–water partition coefficient (Wildman–Crippen LogP) is 1.64. The Kier molecular flexibility index (Phi) is 2.82. The van der Waals surface area contributed by atoms with Crippen molar-refractivity contribution in [2.45, 2.75) is 6.92 Å². The summed E-state index contributed by atoms with van der Waals surface area (Å²) in [6.07, 6.45) is 1.14. The standard InChI is InChI=1S/C10H8F2N4O/c1-5-2-7(12)8(3-6(5)11)15-10(17)9-13-4-14-16-9/h2-4H,1H3,(H,15,17)(H,13,14,16). The molecule has 2 aromatic rings. The van der Waals surface area contributed by atoms with E-state index in [4.69, 9.17) is 0 Å². The molecule has 0 saturated carbocycles. The Bertz CT molecular complexity index is 554. The lowest BCUT2D eigenvalue weighted by molar-refractivity contribution is 0.101. The summed E-state index contributed by atoms with van der Waals surface area (Å²) in [7, 11) is 0. The zero-order valence-electron chi connectivity index (χ0n) is 8.79. The second-order valence-electron chi connectivity index (χ2n) is 3.37. The summed E-state index contributed by atoms with van der Waals surface area (Å²) in [5.41, 5.74) is -0.0744. The molecule has 7 heteroatoms. The second kappa shape index (κ2) is 4.28. The molecule has 2 rings (SSSR count). The lowest BCUT2D eigenvalue weighted by atomic mass is 10.2. The average Bonchev–Trinajstić information content (AvgIpc) is 2.79. The van der Waals surface area contributed by atoms with E-state index in [9.17, 15) is 13.6 Å². The van der Waals surface area contributed by atoms with Gasteiger partial charge in [-0.1, -0.05) is 0 Å². The molecule has 0 aliphatic carbocycles. The molecule has 5 nitrogen and oxygen atoms in total. The van der Waals surface area contributed by atoms with E-state index in [0.29, 0.717) is 0 Å². The Morgan fingerprint density at radius 1 is 1.35 bits per heavy atom. The molecule has 0 unspecified atom stereocenters. The highest BCUT2D eigenvalue weighted by atomic mass is 19.1. The normalized spacial score (nSPS) is 10.3. The molecule has 0 atom stereocenters. The highest BCUT2D eigenvalue weighted by Gasteiger charge is 2.13. The van der Waals surface area contributed by atoms with Crippen molar-refractivity contribution in [3.8, 4) is 0 Å². The van der Waals surface area contributed by atoms with Gasteiger partial charge in [-0.15, -0.1) is 0 Å². The van der Waals surface area contributed by atoms with Crippen LogP contribution in [0.15, 0.2) is 18.5 Å². The summed E-state index contributed by atoms with van der Waals surface area (Å²) in [6.45, 7) is 1.43. The monoisotopic (exact) mass is 238 g/mol. The number of amides is 1. The predicted molar refractivity (Wildman–Crippen MR) is 55.4 cm³/mol. The van der Waals surface area contributed by atoms with Crippen molar-refractivity contribution in [2.75, 3.05) is 5.32 Å². The first kappa shape index (κ1) is 11.2. The fraction of sp³-hybridized carbons (Fsp3) is 0.100. The number of aromatic amines is 1. The van der Waals surface area contributed by atoms with Gasteiger partial charge in [-0.05, 0) is 18.6 Å². The molecule has 1 aromatic heterocycles. The third-order valence-corrected chi connectivity index (χ3v) is 2.13. The molecule has 0 saturated heterocycles. The molecule has 1 aromatic carbocycles. The minimum absolute atomic E-state index is 0.0783. The molecule has 0 fully saturated rings. The van der Waals surface area contributed by atoms with Gasteiger partial charge in [-0.3, -0.25) is 9.89 Å². The minimum Gasteiger partial charge on any atom is -0.317 e. The van der Waals surface area contributed by atoms with E-state index in [1.165, 1.54) is 6.92 Å². The molecule has 0 aliphatic heterocycles. The highest BCUT2D eigenvalue weighted by Crippen LogP contribution is 2.19. The first-order valence-corrected chi connectivity index (χ1v) is 4.70. The number of aromatic nitrogens is 3. The molecular formula is C10H8F2N4O. The smallest absolute Gasteiger partial charge is 0.293 e. The largest absolute Gasteiger partial charge is 0.317 e. The maximum absolute atomic E-state index is 13.4. The third kappa shape index (κ3) is 2.27. The van der Waals surface area contributed by atoms with Crippen LogP contribution in [-0.4, -0.2) is 21.1 Å². The van der Waals surface area contributed by atoms with Gasteiger partial charge in [0.1, 0.15) is 18.0 Å². The summed E-state index contributed by atoms with van der Waals surface area (Å²) in [5.74, 6) is -2.08. The van der Waals surface area contributed by atoms with Crippen molar-refractivity contribution in [3.63, 3.8) is 0 Å². The summed E-state index contributed by atoms with van der Waals surface area (Å²) < 4.78 is 26.6. The number of aryl methyl sites for hydroxylation is 1. The fourth-order valence-electron chi connectivity index (χ4n) is 1.24. The molecule has 88 valence electrons. The number of carbonyl (C=O) groups excluding carboxylic acids is 1.